The Morgan fingerprint density at radius 1 is 1.18 bits per heavy atom. The van der Waals surface area contributed by atoms with Crippen molar-refractivity contribution in [2.24, 2.45) is 5.92 Å². The lowest BCUT2D eigenvalue weighted by atomic mass is 9.86. The number of carbonyl (C=O) groups excluding carboxylic acids is 2. The molecule has 0 radical (unpaired) electrons. The van der Waals surface area contributed by atoms with E-state index in [2.05, 4.69) is 5.32 Å². The Bertz CT molecular complexity index is 1210. The summed E-state index contributed by atoms with van der Waals surface area (Å²) in [6, 6.07) is 12.0. The number of amides is 2. The van der Waals surface area contributed by atoms with Crippen molar-refractivity contribution in [2.45, 2.75) is 43.9 Å². The molecule has 1 fully saturated rings. The van der Waals surface area contributed by atoms with Crippen LogP contribution in [-0.4, -0.2) is 51.3 Å². The number of fused-ring (bicyclic) bond motifs is 1. The van der Waals surface area contributed by atoms with Gasteiger partial charge in [-0.2, -0.15) is 4.31 Å². The van der Waals surface area contributed by atoms with Crippen LogP contribution >= 0.6 is 0 Å². The van der Waals surface area contributed by atoms with E-state index in [1.165, 1.54) is 4.31 Å². The molecule has 0 aliphatic carbocycles. The van der Waals surface area contributed by atoms with Gasteiger partial charge in [-0.25, -0.2) is 8.42 Å². The highest BCUT2D eigenvalue weighted by Crippen LogP contribution is 2.42. The molecule has 8 nitrogen and oxygen atoms in total. The number of sulfonamides is 1. The van der Waals surface area contributed by atoms with E-state index in [1.807, 2.05) is 6.92 Å². The van der Waals surface area contributed by atoms with Crippen LogP contribution in [0.2, 0.25) is 0 Å². The first-order valence-electron chi connectivity index (χ1n) is 11.5. The Balaban J connectivity index is 1.50. The number of hydrogen-bond acceptors (Lipinski definition) is 5. The molecule has 1 saturated heterocycles. The fourth-order valence-corrected chi connectivity index (χ4v) is 6.23. The normalized spacial score (nSPS) is 20.2. The number of carbonyl (C=O) groups is 2. The zero-order valence-corrected chi connectivity index (χ0v) is 20.8. The van der Waals surface area contributed by atoms with Crippen LogP contribution in [0.25, 0.3) is 0 Å². The second-order valence-electron chi connectivity index (χ2n) is 9.32. The summed E-state index contributed by atoms with van der Waals surface area (Å²) in [5.74, 6) is 0.00179. The van der Waals surface area contributed by atoms with Crippen LogP contribution in [0.1, 0.15) is 39.2 Å². The SMILES string of the molecule is CCOc1ccc(NC(=O)[C@@H]2CCCN(S(=O)(=O)c3ccc4c(c3)C(C)(C)C(=O)N4C)C2)cc1. The fourth-order valence-electron chi connectivity index (χ4n) is 4.68. The van der Waals surface area contributed by atoms with E-state index in [1.54, 1.807) is 68.3 Å². The van der Waals surface area contributed by atoms with Crippen molar-refractivity contribution in [2.75, 3.05) is 37.0 Å². The first-order chi connectivity index (χ1) is 16.1. The lowest BCUT2D eigenvalue weighted by Crippen LogP contribution is -2.43. The van der Waals surface area contributed by atoms with E-state index in [4.69, 9.17) is 4.74 Å². The molecule has 2 aliphatic rings. The molecule has 1 N–H and O–H groups in total. The summed E-state index contributed by atoms with van der Waals surface area (Å²) in [7, 11) is -2.12. The topological polar surface area (TPSA) is 96.0 Å². The quantitative estimate of drug-likeness (QED) is 0.677. The maximum absolute atomic E-state index is 13.5. The number of nitrogens with one attached hydrogen (secondary N) is 1. The number of piperidine rings is 1. The maximum atomic E-state index is 13.5. The average molecular weight is 486 g/mol. The number of nitrogens with zero attached hydrogens (tertiary/aromatic N) is 2. The predicted octanol–water partition coefficient (Wildman–Crippen LogP) is 3.38. The zero-order chi connectivity index (χ0) is 24.7. The maximum Gasteiger partial charge on any atom is 0.243 e. The predicted molar refractivity (Wildman–Crippen MR) is 131 cm³/mol. The Kier molecular flexibility index (Phi) is 6.44. The summed E-state index contributed by atoms with van der Waals surface area (Å²) >= 11 is 0. The Hall–Kier alpha value is -2.91. The third-order valence-electron chi connectivity index (χ3n) is 6.67. The fraction of sp³-hybridized carbons (Fsp3) is 0.440. The van der Waals surface area contributed by atoms with Gasteiger partial charge < -0.3 is 15.0 Å². The first-order valence-corrected chi connectivity index (χ1v) is 13.0. The number of ether oxygens (including phenoxy) is 1. The molecule has 2 aromatic rings. The van der Waals surface area contributed by atoms with Crippen molar-refractivity contribution >= 4 is 33.2 Å². The minimum atomic E-state index is -3.81. The van der Waals surface area contributed by atoms with E-state index in [0.29, 0.717) is 37.2 Å². The van der Waals surface area contributed by atoms with Gasteiger partial charge in [0.25, 0.3) is 0 Å². The molecule has 2 aromatic carbocycles. The third kappa shape index (κ3) is 4.30. The number of likely N-dealkylation sites (N-methyl/N-ethyl adjacent to an activating group) is 1. The van der Waals surface area contributed by atoms with Crippen molar-refractivity contribution in [3.63, 3.8) is 0 Å². The van der Waals surface area contributed by atoms with Crippen LogP contribution < -0.4 is 15.0 Å². The number of rotatable bonds is 6. The largest absolute Gasteiger partial charge is 0.494 e. The molecular weight excluding hydrogens is 454 g/mol. The minimum absolute atomic E-state index is 0.0685. The van der Waals surface area contributed by atoms with Gasteiger partial charge >= 0.3 is 0 Å². The van der Waals surface area contributed by atoms with Crippen molar-refractivity contribution in [1.29, 1.82) is 0 Å². The summed E-state index contributed by atoms with van der Waals surface area (Å²) in [5.41, 5.74) is 1.27. The molecule has 0 spiro atoms. The average Bonchev–Trinajstić information content (AvgIpc) is 3.00. The molecule has 1 atom stereocenters. The van der Waals surface area contributed by atoms with Gasteiger partial charge in [0.15, 0.2) is 0 Å². The summed E-state index contributed by atoms with van der Waals surface area (Å²) in [6.45, 7) is 6.54. The van der Waals surface area contributed by atoms with Gasteiger partial charge in [-0.15, -0.1) is 0 Å². The van der Waals surface area contributed by atoms with Crippen molar-refractivity contribution in [1.82, 2.24) is 4.31 Å². The van der Waals surface area contributed by atoms with Crippen molar-refractivity contribution < 1.29 is 22.7 Å². The highest BCUT2D eigenvalue weighted by atomic mass is 32.2. The Morgan fingerprint density at radius 3 is 2.56 bits per heavy atom. The molecule has 0 saturated carbocycles. The van der Waals surface area contributed by atoms with Gasteiger partial charge in [-0.05, 0) is 81.6 Å². The lowest BCUT2D eigenvalue weighted by Gasteiger charge is -2.31. The molecule has 182 valence electrons. The monoisotopic (exact) mass is 485 g/mol. The number of benzene rings is 2. The van der Waals surface area contributed by atoms with Gasteiger partial charge in [0, 0.05) is 31.5 Å². The number of hydrogen-bond donors (Lipinski definition) is 1. The highest BCUT2D eigenvalue weighted by molar-refractivity contribution is 7.89. The molecule has 34 heavy (non-hydrogen) atoms. The van der Waals surface area contributed by atoms with Crippen LogP contribution in [0.3, 0.4) is 0 Å². The smallest absolute Gasteiger partial charge is 0.243 e. The second kappa shape index (κ2) is 9.03. The molecule has 9 heteroatoms. The molecular formula is C25H31N3O5S. The van der Waals surface area contributed by atoms with Crippen molar-refractivity contribution in [3.05, 3.63) is 48.0 Å². The Labute approximate surface area is 200 Å². The van der Waals surface area contributed by atoms with Crippen LogP contribution in [0.4, 0.5) is 11.4 Å². The van der Waals surface area contributed by atoms with Crippen molar-refractivity contribution in [3.8, 4) is 5.75 Å². The third-order valence-corrected chi connectivity index (χ3v) is 8.53. The molecule has 2 heterocycles. The number of anilines is 2. The van der Waals surface area contributed by atoms with Crippen LogP contribution in [0.15, 0.2) is 47.4 Å². The van der Waals surface area contributed by atoms with Crippen LogP contribution in [0, 0.1) is 5.92 Å². The van der Waals surface area contributed by atoms with E-state index < -0.39 is 21.4 Å². The Morgan fingerprint density at radius 2 is 1.88 bits per heavy atom. The van der Waals surface area contributed by atoms with Crippen LogP contribution in [-0.2, 0) is 25.0 Å². The summed E-state index contributed by atoms with van der Waals surface area (Å²) < 4.78 is 33.7. The molecule has 0 unspecified atom stereocenters. The molecule has 0 bridgehead atoms. The van der Waals surface area contributed by atoms with Gasteiger partial charge in [-0.3, -0.25) is 9.59 Å². The van der Waals surface area contributed by atoms with Crippen LogP contribution in [0.5, 0.6) is 5.75 Å². The highest BCUT2D eigenvalue weighted by Gasteiger charge is 2.43. The van der Waals surface area contributed by atoms with Gasteiger partial charge in [0.05, 0.1) is 22.8 Å². The summed E-state index contributed by atoms with van der Waals surface area (Å²) in [4.78, 5) is 27.2. The summed E-state index contributed by atoms with van der Waals surface area (Å²) in [5, 5.41) is 2.89. The molecule has 0 aromatic heterocycles. The summed E-state index contributed by atoms with van der Waals surface area (Å²) in [6.07, 6.45) is 1.21. The standard InChI is InChI=1S/C25H31N3O5S/c1-5-33-19-10-8-18(9-11-19)26-23(29)17-7-6-14-28(16-17)34(31,32)20-12-13-22-21(15-20)25(2,3)24(30)27(22)4/h8-13,15,17H,5-7,14,16H2,1-4H3,(H,26,29)/t17-/m1/s1. The molecule has 2 amide bonds. The van der Waals surface area contributed by atoms with Gasteiger partial charge in [0.1, 0.15) is 5.75 Å². The molecule has 2 aliphatic heterocycles. The van der Waals surface area contributed by atoms with E-state index in [0.717, 1.165) is 11.4 Å². The second-order valence-corrected chi connectivity index (χ2v) is 11.3. The van der Waals surface area contributed by atoms with Gasteiger partial charge in [0.2, 0.25) is 21.8 Å². The minimum Gasteiger partial charge on any atom is -0.494 e. The molecule has 4 rings (SSSR count). The first kappa shape index (κ1) is 24.2. The van der Waals surface area contributed by atoms with E-state index in [9.17, 15) is 18.0 Å². The lowest BCUT2D eigenvalue weighted by molar-refractivity contribution is -0.122. The zero-order valence-electron chi connectivity index (χ0n) is 20.0. The van der Waals surface area contributed by atoms with Gasteiger partial charge in [-0.1, -0.05) is 0 Å². The van der Waals surface area contributed by atoms with E-state index >= 15 is 0 Å². The van der Waals surface area contributed by atoms with E-state index in [-0.39, 0.29) is 23.3 Å².